The van der Waals surface area contributed by atoms with E-state index < -0.39 is 5.41 Å². The first kappa shape index (κ1) is 13.9. The largest absolute Gasteiger partial charge is 0.492 e. The van der Waals surface area contributed by atoms with E-state index in [9.17, 15) is 9.90 Å². The van der Waals surface area contributed by atoms with Gasteiger partial charge in [0.05, 0.1) is 16.8 Å². The first-order valence-corrected chi connectivity index (χ1v) is 7.03. The number of aromatic hydroxyl groups is 1. The van der Waals surface area contributed by atoms with Gasteiger partial charge < -0.3 is 5.11 Å². The Morgan fingerprint density at radius 1 is 1.33 bits per heavy atom. The topological polar surface area (TPSA) is 76.0 Å². The van der Waals surface area contributed by atoms with Crippen LogP contribution in [-0.4, -0.2) is 26.1 Å². The molecule has 2 aromatic heterocycles. The Labute approximate surface area is 127 Å². The molecular formula is C15H14ClN3O2. The van der Waals surface area contributed by atoms with E-state index in [1.54, 1.807) is 12.1 Å². The maximum absolute atomic E-state index is 12.9. The number of aromatic nitrogens is 3. The molecule has 0 radical (unpaired) electrons. The van der Waals surface area contributed by atoms with E-state index in [0.717, 1.165) is 11.3 Å². The summed E-state index contributed by atoms with van der Waals surface area (Å²) in [7, 11) is 0. The number of nitrogens with zero attached hydrogens (tertiary/aromatic N) is 3. The normalized spacial score (nSPS) is 21.2. The van der Waals surface area contributed by atoms with E-state index >= 15 is 0 Å². The van der Waals surface area contributed by atoms with Crippen LogP contribution in [0.3, 0.4) is 0 Å². The number of ketones is 1. The van der Waals surface area contributed by atoms with Gasteiger partial charge >= 0.3 is 0 Å². The molecule has 0 aromatic carbocycles. The lowest BCUT2D eigenvalue weighted by atomic mass is 9.70. The van der Waals surface area contributed by atoms with E-state index in [1.807, 2.05) is 13.8 Å². The highest BCUT2D eigenvalue weighted by Crippen LogP contribution is 2.38. The fourth-order valence-corrected chi connectivity index (χ4v) is 3.07. The van der Waals surface area contributed by atoms with Crippen LogP contribution in [0.2, 0.25) is 5.15 Å². The lowest BCUT2D eigenvalue weighted by Gasteiger charge is -2.32. The molecule has 0 fully saturated rings. The van der Waals surface area contributed by atoms with Gasteiger partial charge in [0.1, 0.15) is 5.15 Å². The highest BCUT2D eigenvalue weighted by molar-refractivity contribution is 6.29. The molecule has 0 saturated heterocycles. The van der Waals surface area contributed by atoms with Crippen LogP contribution in [-0.2, 0) is 11.8 Å². The number of aryl methyl sites for hydroxylation is 2. The summed E-state index contributed by atoms with van der Waals surface area (Å²) in [6.07, 6.45) is 1.24. The molecule has 0 amide bonds. The molecule has 5 nitrogen and oxygen atoms in total. The summed E-state index contributed by atoms with van der Waals surface area (Å²) in [4.78, 5) is 17.2. The van der Waals surface area contributed by atoms with Gasteiger partial charge in [0.15, 0.2) is 5.78 Å². The molecule has 1 aliphatic carbocycles. The van der Waals surface area contributed by atoms with Gasteiger partial charge in [-0.25, -0.2) is 4.98 Å². The van der Waals surface area contributed by atoms with Crippen molar-refractivity contribution >= 4 is 17.4 Å². The number of hydrogen-bond donors (Lipinski definition) is 1. The molecule has 2 heterocycles. The molecule has 0 aliphatic heterocycles. The van der Waals surface area contributed by atoms with Crippen molar-refractivity contribution in [3.63, 3.8) is 0 Å². The number of carbonyl (C=O) groups is 1. The Kier molecular flexibility index (Phi) is 3.17. The standard InChI is InChI=1S/C15H14ClN3O2/c1-8-7-11(16)17-9-5-6-15(2,14(21)13(8)9)10-3-4-12(20)19-18-10/h3-4,7H,5-6H2,1-2H3,(H,19,20). The SMILES string of the molecule is Cc1cc(Cl)nc2c1C(=O)C(C)(c1ccc(O)nn1)CC2. The molecule has 0 bridgehead atoms. The van der Waals surface area contributed by atoms with Crippen LogP contribution in [0.5, 0.6) is 5.88 Å². The summed E-state index contributed by atoms with van der Waals surface area (Å²) in [5.74, 6) is -0.180. The van der Waals surface area contributed by atoms with Crippen molar-refractivity contribution in [1.82, 2.24) is 15.2 Å². The van der Waals surface area contributed by atoms with Crippen LogP contribution in [0.1, 0.15) is 40.7 Å². The van der Waals surface area contributed by atoms with Crippen molar-refractivity contribution in [2.45, 2.75) is 32.1 Å². The van der Waals surface area contributed by atoms with Crippen molar-refractivity contribution in [1.29, 1.82) is 0 Å². The number of hydrogen-bond acceptors (Lipinski definition) is 5. The van der Waals surface area contributed by atoms with Crippen LogP contribution < -0.4 is 0 Å². The highest BCUT2D eigenvalue weighted by Gasteiger charge is 2.42. The summed E-state index contributed by atoms with van der Waals surface area (Å²) in [6, 6.07) is 4.79. The van der Waals surface area contributed by atoms with Crippen molar-refractivity contribution in [3.05, 3.63) is 45.9 Å². The van der Waals surface area contributed by atoms with Gasteiger partial charge in [-0.3, -0.25) is 4.79 Å². The fourth-order valence-electron chi connectivity index (χ4n) is 2.81. The molecule has 2 aromatic rings. The highest BCUT2D eigenvalue weighted by atomic mass is 35.5. The zero-order valence-electron chi connectivity index (χ0n) is 11.7. The summed E-state index contributed by atoms with van der Waals surface area (Å²) in [5.41, 5.74) is 2.00. The Balaban J connectivity index is 2.11. The average molecular weight is 304 g/mol. The van der Waals surface area contributed by atoms with Crippen LogP contribution in [0.4, 0.5) is 0 Å². The van der Waals surface area contributed by atoms with Crippen LogP contribution in [0, 0.1) is 6.92 Å². The number of rotatable bonds is 1. The molecule has 108 valence electrons. The van der Waals surface area contributed by atoms with E-state index in [4.69, 9.17) is 11.6 Å². The zero-order chi connectivity index (χ0) is 15.2. The fraction of sp³-hybridized carbons (Fsp3) is 0.333. The average Bonchev–Trinajstić information content (AvgIpc) is 2.43. The molecule has 1 aliphatic rings. The number of halogens is 1. The van der Waals surface area contributed by atoms with Crippen molar-refractivity contribution in [2.75, 3.05) is 0 Å². The molecule has 0 saturated carbocycles. The van der Waals surface area contributed by atoms with E-state index in [0.29, 0.717) is 29.3 Å². The van der Waals surface area contributed by atoms with Crippen molar-refractivity contribution in [2.24, 2.45) is 0 Å². The third kappa shape index (κ3) is 2.17. The van der Waals surface area contributed by atoms with E-state index in [2.05, 4.69) is 15.2 Å². The number of pyridine rings is 1. The molecule has 21 heavy (non-hydrogen) atoms. The van der Waals surface area contributed by atoms with Gasteiger partial charge in [-0.2, -0.15) is 5.10 Å². The quantitative estimate of drug-likeness (QED) is 0.820. The van der Waals surface area contributed by atoms with Crippen molar-refractivity contribution in [3.8, 4) is 5.88 Å². The molecule has 3 rings (SSSR count). The molecule has 6 heteroatoms. The minimum atomic E-state index is -0.756. The predicted molar refractivity (Wildman–Crippen MR) is 77.7 cm³/mol. The molecular weight excluding hydrogens is 290 g/mol. The van der Waals surface area contributed by atoms with Gasteiger partial charge in [-0.05, 0) is 44.4 Å². The lowest BCUT2D eigenvalue weighted by molar-refractivity contribution is 0.0868. The van der Waals surface area contributed by atoms with Gasteiger partial charge in [0, 0.05) is 11.6 Å². The van der Waals surface area contributed by atoms with Gasteiger partial charge in [0.2, 0.25) is 5.88 Å². The lowest BCUT2D eigenvalue weighted by Crippen LogP contribution is -2.39. The summed E-state index contributed by atoms with van der Waals surface area (Å²) >= 11 is 5.96. The predicted octanol–water partition coefficient (Wildman–Crippen LogP) is 2.63. The van der Waals surface area contributed by atoms with Crippen LogP contribution >= 0.6 is 11.6 Å². The third-order valence-corrected chi connectivity index (χ3v) is 4.26. The monoisotopic (exact) mass is 303 g/mol. The second kappa shape index (κ2) is 4.77. The smallest absolute Gasteiger partial charge is 0.230 e. The van der Waals surface area contributed by atoms with E-state index in [-0.39, 0.29) is 11.7 Å². The molecule has 1 atom stereocenters. The molecule has 1 N–H and O–H groups in total. The van der Waals surface area contributed by atoms with E-state index in [1.165, 1.54) is 6.07 Å². The third-order valence-electron chi connectivity index (χ3n) is 4.07. The van der Waals surface area contributed by atoms with Gasteiger partial charge in [-0.1, -0.05) is 11.6 Å². The minimum absolute atomic E-state index is 0.0228. The second-order valence-electron chi connectivity index (χ2n) is 5.52. The van der Waals surface area contributed by atoms with Crippen LogP contribution in [0.15, 0.2) is 18.2 Å². The summed E-state index contributed by atoms with van der Waals surface area (Å²) in [5, 5.41) is 17.3. The Morgan fingerprint density at radius 2 is 2.10 bits per heavy atom. The first-order valence-electron chi connectivity index (χ1n) is 6.66. The van der Waals surface area contributed by atoms with Crippen molar-refractivity contribution < 1.29 is 9.90 Å². The summed E-state index contributed by atoms with van der Waals surface area (Å²) in [6.45, 7) is 3.71. The summed E-state index contributed by atoms with van der Waals surface area (Å²) < 4.78 is 0. The first-order chi connectivity index (χ1) is 9.91. The Morgan fingerprint density at radius 3 is 2.76 bits per heavy atom. The molecule has 0 spiro atoms. The number of fused-ring (bicyclic) bond motifs is 1. The Hall–Kier alpha value is -2.01. The zero-order valence-corrected chi connectivity index (χ0v) is 12.5. The maximum Gasteiger partial charge on any atom is 0.230 e. The Bertz CT molecular complexity index is 730. The van der Waals surface area contributed by atoms with Crippen LogP contribution in [0.25, 0.3) is 0 Å². The number of Topliss-reactive ketones (excluding diaryl/α,β-unsaturated/α-hetero) is 1. The van der Waals surface area contributed by atoms with Gasteiger partial charge in [-0.15, -0.1) is 5.10 Å². The second-order valence-corrected chi connectivity index (χ2v) is 5.91. The minimum Gasteiger partial charge on any atom is -0.492 e. The molecule has 1 unspecified atom stereocenters. The maximum atomic E-state index is 12.9. The number of carbonyl (C=O) groups excluding carboxylic acids is 1. The van der Waals surface area contributed by atoms with Gasteiger partial charge in [0.25, 0.3) is 0 Å².